The molecule has 0 aromatic carbocycles. The van der Waals surface area contributed by atoms with Crippen molar-refractivity contribution in [3.63, 3.8) is 0 Å². The van der Waals surface area contributed by atoms with E-state index < -0.39 is 0 Å². The number of carbonyl (C=O) groups excluding carboxylic acids is 2. The molecule has 0 unspecified atom stereocenters. The Labute approximate surface area is 102 Å². The van der Waals surface area contributed by atoms with Gasteiger partial charge in [-0.3, -0.25) is 9.59 Å². The Hall–Kier alpha value is -1.26. The second-order valence-corrected chi connectivity index (χ2v) is 5.33. The van der Waals surface area contributed by atoms with Crippen LogP contribution < -0.4 is 0 Å². The molecule has 0 amide bonds. The lowest BCUT2D eigenvalue weighted by Gasteiger charge is -1.88. The van der Waals surface area contributed by atoms with Crippen LogP contribution in [0, 0.1) is 0 Å². The number of thiophene rings is 2. The number of hydrogen-bond donors (Lipinski definition) is 0. The summed E-state index contributed by atoms with van der Waals surface area (Å²) in [6, 6.07) is 3.76. The minimum Gasteiger partial charge on any atom is -0.294 e. The third-order valence-electron chi connectivity index (χ3n) is 2.25. The van der Waals surface area contributed by atoms with Gasteiger partial charge in [0, 0.05) is 31.6 Å². The van der Waals surface area contributed by atoms with Gasteiger partial charge in [0.1, 0.15) is 0 Å². The van der Waals surface area contributed by atoms with Gasteiger partial charge in [-0.15, -0.1) is 22.7 Å². The van der Waals surface area contributed by atoms with Crippen molar-refractivity contribution in [3.05, 3.63) is 34.0 Å². The van der Waals surface area contributed by atoms with Crippen LogP contribution in [0.25, 0.3) is 9.75 Å². The molecule has 4 heteroatoms. The highest BCUT2D eigenvalue weighted by Gasteiger charge is 2.09. The van der Waals surface area contributed by atoms with E-state index in [1.165, 1.54) is 22.7 Å². The molecule has 2 aromatic heterocycles. The Morgan fingerprint density at radius 2 is 1.25 bits per heavy atom. The van der Waals surface area contributed by atoms with Crippen LogP contribution in [0.3, 0.4) is 0 Å². The van der Waals surface area contributed by atoms with Crippen molar-refractivity contribution in [1.29, 1.82) is 0 Å². The van der Waals surface area contributed by atoms with Gasteiger partial charge < -0.3 is 0 Å². The van der Waals surface area contributed by atoms with Crippen LogP contribution in [-0.4, -0.2) is 11.6 Å². The number of Topliss-reactive ketones (excluding diaryl/α,β-unsaturated/α-hetero) is 2. The predicted octanol–water partition coefficient (Wildman–Crippen LogP) is 3.88. The van der Waals surface area contributed by atoms with Gasteiger partial charge in [0.15, 0.2) is 11.6 Å². The molecule has 0 spiro atoms. The fourth-order valence-electron chi connectivity index (χ4n) is 1.30. The standard InChI is InChI=1S/C12H10O2S2/c1-7(13)9-3-11(15-5-9)12-4-10(6-16-12)8(2)14/h3-6H,1-2H3. The van der Waals surface area contributed by atoms with Crippen LogP contribution in [0.1, 0.15) is 34.6 Å². The van der Waals surface area contributed by atoms with Crippen LogP contribution in [0.5, 0.6) is 0 Å². The summed E-state index contributed by atoms with van der Waals surface area (Å²) in [5, 5.41) is 3.70. The third kappa shape index (κ3) is 2.13. The summed E-state index contributed by atoms with van der Waals surface area (Å²) >= 11 is 3.07. The molecule has 0 fully saturated rings. The molecule has 0 saturated carbocycles. The van der Waals surface area contributed by atoms with E-state index in [4.69, 9.17) is 0 Å². The number of ketones is 2. The average molecular weight is 250 g/mol. The topological polar surface area (TPSA) is 34.1 Å². The quantitative estimate of drug-likeness (QED) is 0.775. The van der Waals surface area contributed by atoms with Gasteiger partial charge in [0.05, 0.1) is 0 Å². The lowest BCUT2D eigenvalue weighted by atomic mass is 10.2. The van der Waals surface area contributed by atoms with E-state index in [1.807, 2.05) is 22.9 Å². The average Bonchev–Trinajstić information content (AvgIpc) is 2.86. The largest absolute Gasteiger partial charge is 0.294 e. The van der Waals surface area contributed by atoms with Crippen molar-refractivity contribution in [2.75, 3.05) is 0 Å². The Morgan fingerprint density at radius 1 is 0.875 bits per heavy atom. The van der Waals surface area contributed by atoms with Crippen LogP contribution in [0.15, 0.2) is 22.9 Å². The van der Waals surface area contributed by atoms with Crippen molar-refractivity contribution in [2.45, 2.75) is 13.8 Å². The summed E-state index contributed by atoms with van der Waals surface area (Å²) in [7, 11) is 0. The van der Waals surface area contributed by atoms with E-state index in [0.29, 0.717) is 0 Å². The van der Waals surface area contributed by atoms with Crippen LogP contribution >= 0.6 is 22.7 Å². The molecule has 2 rings (SSSR count). The summed E-state index contributed by atoms with van der Waals surface area (Å²) in [5.41, 5.74) is 1.47. The first-order valence-corrected chi connectivity index (χ1v) is 6.53. The summed E-state index contributed by atoms with van der Waals surface area (Å²) in [6.45, 7) is 3.11. The maximum atomic E-state index is 11.2. The van der Waals surface area contributed by atoms with Gasteiger partial charge in [-0.25, -0.2) is 0 Å². The normalized spacial score (nSPS) is 10.4. The van der Waals surface area contributed by atoms with E-state index in [0.717, 1.165) is 20.9 Å². The monoisotopic (exact) mass is 250 g/mol. The van der Waals surface area contributed by atoms with Gasteiger partial charge in [-0.2, -0.15) is 0 Å². The zero-order valence-corrected chi connectivity index (χ0v) is 10.6. The minimum atomic E-state index is 0.0749. The molecule has 0 saturated heterocycles. The van der Waals surface area contributed by atoms with Crippen molar-refractivity contribution >= 4 is 34.2 Å². The van der Waals surface area contributed by atoms with Crippen molar-refractivity contribution in [1.82, 2.24) is 0 Å². The Balaban J connectivity index is 2.35. The zero-order chi connectivity index (χ0) is 11.7. The Kier molecular flexibility index (Phi) is 3.03. The SMILES string of the molecule is CC(=O)c1csc(-c2cc(C(C)=O)cs2)c1. The highest BCUT2D eigenvalue weighted by molar-refractivity contribution is 7.20. The van der Waals surface area contributed by atoms with E-state index in [1.54, 1.807) is 13.8 Å². The maximum absolute atomic E-state index is 11.2. The highest BCUT2D eigenvalue weighted by Crippen LogP contribution is 2.32. The first-order chi connectivity index (χ1) is 7.58. The second-order valence-electron chi connectivity index (χ2n) is 3.51. The fraction of sp³-hybridized carbons (Fsp3) is 0.167. The molecule has 0 atom stereocenters. The number of rotatable bonds is 3. The molecule has 2 nitrogen and oxygen atoms in total. The Morgan fingerprint density at radius 3 is 1.50 bits per heavy atom. The van der Waals surface area contributed by atoms with Gasteiger partial charge in [-0.05, 0) is 26.0 Å². The Bertz CT molecular complexity index is 499. The van der Waals surface area contributed by atoms with Crippen LogP contribution in [0.4, 0.5) is 0 Å². The van der Waals surface area contributed by atoms with E-state index in [-0.39, 0.29) is 11.6 Å². The molecule has 0 aliphatic rings. The summed E-state index contributed by atoms with van der Waals surface area (Å²) in [6.07, 6.45) is 0. The molecule has 0 aliphatic carbocycles. The smallest absolute Gasteiger partial charge is 0.160 e. The molecular formula is C12H10O2S2. The molecule has 0 N–H and O–H groups in total. The molecule has 16 heavy (non-hydrogen) atoms. The van der Waals surface area contributed by atoms with Gasteiger partial charge in [0.25, 0.3) is 0 Å². The molecule has 2 heterocycles. The van der Waals surface area contributed by atoms with Gasteiger partial charge in [0.2, 0.25) is 0 Å². The maximum Gasteiger partial charge on any atom is 0.160 e. The highest BCUT2D eigenvalue weighted by atomic mass is 32.1. The van der Waals surface area contributed by atoms with E-state index >= 15 is 0 Å². The summed E-state index contributed by atoms with van der Waals surface area (Å²) in [5.74, 6) is 0.150. The molecule has 2 aromatic rings. The second kappa shape index (κ2) is 4.31. The van der Waals surface area contributed by atoms with Gasteiger partial charge >= 0.3 is 0 Å². The zero-order valence-electron chi connectivity index (χ0n) is 8.94. The van der Waals surface area contributed by atoms with E-state index in [2.05, 4.69) is 0 Å². The van der Waals surface area contributed by atoms with Crippen molar-refractivity contribution in [3.8, 4) is 9.75 Å². The van der Waals surface area contributed by atoms with Crippen molar-refractivity contribution in [2.24, 2.45) is 0 Å². The van der Waals surface area contributed by atoms with Crippen LogP contribution in [0.2, 0.25) is 0 Å². The van der Waals surface area contributed by atoms with Crippen LogP contribution in [-0.2, 0) is 0 Å². The first-order valence-electron chi connectivity index (χ1n) is 4.77. The van der Waals surface area contributed by atoms with E-state index in [9.17, 15) is 9.59 Å². The molecule has 0 bridgehead atoms. The molecular weight excluding hydrogens is 240 g/mol. The summed E-state index contributed by atoms with van der Waals surface area (Å²) in [4.78, 5) is 24.4. The summed E-state index contributed by atoms with van der Waals surface area (Å²) < 4.78 is 0. The number of carbonyl (C=O) groups is 2. The predicted molar refractivity (Wildman–Crippen MR) is 67.6 cm³/mol. The lowest BCUT2D eigenvalue weighted by Crippen LogP contribution is -1.86. The molecule has 82 valence electrons. The van der Waals surface area contributed by atoms with Gasteiger partial charge in [-0.1, -0.05) is 0 Å². The first kappa shape index (κ1) is 11.2. The van der Waals surface area contributed by atoms with Crippen molar-refractivity contribution < 1.29 is 9.59 Å². The number of hydrogen-bond acceptors (Lipinski definition) is 4. The fourth-order valence-corrected chi connectivity index (χ4v) is 3.30. The molecule has 0 aliphatic heterocycles. The molecule has 0 radical (unpaired) electrons. The minimum absolute atomic E-state index is 0.0749. The third-order valence-corrected chi connectivity index (χ3v) is 4.31. The lowest BCUT2D eigenvalue weighted by molar-refractivity contribution is 0.100.